The molecule has 33 heavy (non-hydrogen) atoms. The van der Waals surface area contributed by atoms with Gasteiger partial charge in [0.25, 0.3) is 11.6 Å². The Bertz CT molecular complexity index is 1310. The molecule has 0 fully saturated rings. The fraction of sp³-hybridized carbons (Fsp3) is 0.0769. The standard InChI is InChI=1S/C26H20N2O5/c1-17-8-7-11-19(16-17)27-24(20-12-5-6-13-21(20)28(32)33)23(25(30)26(27)31)22(29)15-14-18-9-3-2-4-10-18/h2-16,24,30H,1H3/b15-14+/t24-/m0/s1. The number of nitrogens with zero attached hydrogens (tertiary/aromatic N) is 2. The molecule has 1 N–H and O–H groups in total. The molecule has 0 unspecified atom stereocenters. The number of allylic oxidation sites excluding steroid dienone is 1. The summed E-state index contributed by atoms with van der Waals surface area (Å²) >= 11 is 0. The molecule has 164 valence electrons. The number of aryl methyl sites for hydroxylation is 1. The van der Waals surface area contributed by atoms with E-state index in [-0.39, 0.29) is 16.8 Å². The second kappa shape index (κ2) is 8.92. The van der Waals surface area contributed by atoms with Gasteiger partial charge in [0.1, 0.15) is 6.04 Å². The molecule has 0 aliphatic carbocycles. The van der Waals surface area contributed by atoms with E-state index in [9.17, 15) is 24.8 Å². The van der Waals surface area contributed by atoms with Crippen molar-refractivity contribution >= 4 is 29.1 Å². The van der Waals surface area contributed by atoms with Crippen LogP contribution in [-0.4, -0.2) is 21.7 Å². The van der Waals surface area contributed by atoms with E-state index in [1.807, 2.05) is 31.2 Å². The van der Waals surface area contributed by atoms with Gasteiger partial charge in [0.05, 0.1) is 16.1 Å². The number of aliphatic hydroxyl groups is 1. The number of carbonyl (C=O) groups is 2. The summed E-state index contributed by atoms with van der Waals surface area (Å²) in [5, 5.41) is 22.5. The fourth-order valence-corrected chi connectivity index (χ4v) is 3.91. The van der Waals surface area contributed by atoms with Crippen LogP contribution in [0.3, 0.4) is 0 Å². The lowest BCUT2D eigenvalue weighted by molar-refractivity contribution is -0.385. The van der Waals surface area contributed by atoms with Gasteiger partial charge in [-0.3, -0.25) is 24.6 Å². The summed E-state index contributed by atoms with van der Waals surface area (Å²) in [7, 11) is 0. The van der Waals surface area contributed by atoms with Gasteiger partial charge < -0.3 is 5.11 Å². The summed E-state index contributed by atoms with van der Waals surface area (Å²) in [5.74, 6) is -2.12. The maximum Gasteiger partial charge on any atom is 0.294 e. The van der Waals surface area contributed by atoms with Gasteiger partial charge in [-0.2, -0.15) is 0 Å². The van der Waals surface area contributed by atoms with Gasteiger partial charge in [-0.05, 0) is 42.3 Å². The molecule has 0 bridgehead atoms. The second-order valence-electron chi connectivity index (χ2n) is 7.60. The quantitative estimate of drug-likeness (QED) is 0.327. The predicted molar refractivity (Wildman–Crippen MR) is 125 cm³/mol. The first-order valence-corrected chi connectivity index (χ1v) is 10.2. The number of aliphatic hydroxyl groups excluding tert-OH is 1. The Morgan fingerprint density at radius 3 is 2.42 bits per heavy atom. The van der Waals surface area contributed by atoms with Crippen LogP contribution in [0, 0.1) is 17.0 Å². The number of hydrogen-bond acceptors (Lipinski definition) is 5. The maximum absolute atomic E-state index is 13.2. The van der Waals surface area contributed by atoms with Gasteiger partial charge in [0.15, 0.2) is 11.5 Å². The van der Waals surface area contributed by atoms with Gasteiger partial charge in [0, 0.05) is 11.8 Å². The van der Waals surface area contributed by atoms with Crippen LogP contribution >= 0.6 is 0 Å². The zero-order valence-corrected chi connectivity index (χ0v) is 17.7. The zero-order chi connectivity index (χ0) is 23.5. The molecule has 0 saturated heterocycles. The monoisotopic (exact) mass is 440 g/mol. The first-order chi connectivity index (χ1) is 15.9. The maximum atomic E-state index is 13.2. The lowest BCUT2D eigenvalue weighted by Crippen LogP contribution is -2.31. The molecule has 1 aliphatic heterocycles. The number of nitro benzene ring substituents is 1. The summed E-state index contributed by atoms with van der Waals surface area (Å²) < 4.78 is 0. The highest BCUT2D eigenvalue weighted by molar-refractivity contribution is 6.20. The molecule has 1 aliphatic rings. The molecular formula is C26H20N2O5. The molecule has 1 amide bonds. The summed E-state index contributed by atoms with van der Waals surface area (Å²) in [6, 6.07) is 20.8. The van der Waals surface area contributed by atoms with E-state index in [1.165, 1.54) is 29.2 Å². The first-order valence-electron chi connectivity index (χ1n) is 10.2. The molecule has 7 nitrogen and oxygen atoms in total. The van der Waals surface area contributed by atoms with Crippen LogP contribution < -0.4 is 4.90 Å². The lowest BCUT2D eigenvalue weighted by Gasteiger charge is -2.26. The van der Waals surface area contributed by atoms with E-state index in [0.717, 1.165) is 11.1 Å². The summed E-state index contributed by atoms with van der Waals surface area (Å²) in [4.78, 5) is 38.8. The van der Waals surface area contributed by atoms with Crippen molar-refractivity contribution in [3.8, 4) is 0 Å². The Balaban J connectivity index is 1.87. The number of hydrogen-bond donors (Lipinski definition) is 1. The van der Waals surface area contributed by atoms with Crippen LogP contribution in [0.4, 0.5) is 11.4 Å². The molecule has 3 aromatic carbocycles. The van der Waals surface area contributed by atoms with E-state index in [1.54, 1.807) is 42.5 Å². The average molecular weight is 440 g/mol. The SMILES string of the molecule is Cc1cccc(N2C(=O)C(O)=C(C(=O)/C=C/c3ccccc3)[C@@H]2c2ccccc2[N+](=O)[O-])c1. The molecule has 1 heterocycles. The summed E-state index contributed by atoms with van der Waals surface area (Å²) in [5.41, 5.74) is 1.71. The highest BCUT2D eigenvalue weighted by Gasteiger charge is 2.46. The van der Waals surface area contributed by atoms with Crippen molar-refractivity contribution < 1.29 is 19.6 Å². The third kappa shape index (κ3) is 4.16. The number of nitro groups is 1. The van der Waals surface area contributed by atoms with Crippen LogP contribution in [0.5, 0.6) is 0 Å². The second-order valence-corrected chi connectivity index (χ2v) is 7.60. The van der Waals surface area contributed by atoms with Gasteiger partial charge in [-0.25, -0.2) is 0 Å². The normalized spacial score (nSPS) is 16.0. The number of benzene rings is 3. The van der Waals surface area contributed by atoms with E-state index in [2.05, 4.69) is 0 Å². The van der Waals surface area contributed by atoms with E-state index in [0.29, 0.717) is 5.69 Å². The highest BCUT2D eigenvalue weighted by Crippen LogP contribution is 2.44. The number of anilines is 1. The molecule has 7 heteroatoms. The van der Waals surface area contributed by atoms with Gasteiger partial charge in [0.2, 0.25) is 0 Å². The predicted octanol–water partition coefficient (Wildman–Crippen LogP) is 5.09. The van der Waals surface area contributed by atoms with Crippen molar-refractivity contribution in [3.63, 3.8) is 0 Å². The molecule has 0 aromatic heterocycles. The minimum Gasteiger partial charge on any atom is -0.503 e. The molecule has 0 radical (unpaired) electrons. The van der Waals surface area contributed by atoms with Crippen molar-refractivity contribution in [2.75, 3.05) is 4.90 Å². The van der Waals surface area contributed by atoms with E-state index >= 15 is 0 Å². The Labute approximate surface area is 190 Å². The summed E-state index contributed by atoms with van der Waals surface area (Å²) in [6.07, 6.45) is 2.83. The van der Waals surface area contributed by atoms with Crippen LogP contribution in [0.2, 0.25) is 0 Å². The number of para-hydroxylation sites is 1. The highest BCUT2D eigenvalue weighted by atomic mass is 16.6. The third-order valence-corrected chi connectivity index (χ3v) is 5.41. The fourth-order valence-electron chi connectivity index (χ4n) is 3.91. The Hall–Kier alpha value is -4.52. The van der Waals surface area contributed by atoms with Gasteiger partial charge >= 0.3 is 0 Å². The van der Waals surface area contributed by atoms with E-state index in [4.69, 9.17) is 0 Å². The minimum absolute atomic E-state index is 0.137. The summed E-state index contributed by atoms with van der Waals surface area (Å²) in [6.45, 7) is 1.84. The first kappa shape index (κ1) is 21.7. The van der Waals surface area contributed by atoms with Crippen molar-refractivity contribution in [3.05, 3.63) is 123 Å². The number of amides is 1. The zero-order valence-electron chi connectivity index (χ0n) is 17.7. The third-order valence-electron chi connectivity index (χ3n) is 5.41. The lowest BCUT2D eigenvalue weighted by atomic mass is 9.94. The Morgan fingerprint density at radius 2 is 1.73 bits per heavy atom. The number of rotatable bonds is 6. The molecule has 0 saturated carbocycles. The molecule has 1 atom stereocenters. The van der Waals surface area contributed by atoms with Crippen molar-refractivity contribution in [2.24, 2.45) is 0 Å². The van der Waals surface area contributed by atoms with Crippen molar-refractivity contribution in [1.29, 1.82) is 0 Å². The van der Waals surface area contributed by atoms with Crippen molar-refractivity contribution in [2.45, 2.75) is 13.0 Å². The average Bonchev–Trinajstić information content (AvgIpc) is 3.08. The molecule has 3 aromatic rings. The Morgan fingerprint density at radius 1 is 1.03 bits per heavy atom. The van der Waals surface area contributed by atoms with Crippen LogP contribution in [0.1, 0.15) is 22.7 Å². The van der Waals surface area contributed by atoms with Crippen molar-refractivity contribution in [1.82, 2.24) is 0 Å². The van der Waals surface area contributed by atoms with Crippen LogP contribution in [0.15, 0.2) is 96.3 Å². The number of carbonyl (C=O) groups excluding carboxylic acids is 2. The molecule has 0 spiro atoms. The largest absolute Gasteiger partial charge is 0.503 e. The number of ketones is 1. The van der Waals surface area contributed by atoms with Gasteiger partial charge in [-0.15, -0.1) is 0 Å². The molecule has 4 rings (SSSR count). The Kier molecular flexibility index (Phi) is 5.87. The topological polar surface area (TPSA) is 101 Å². The minimum atomic E-state index is -1.16. The smallest absolute Gasteiger partial charge is 0.294 e. The van der Waals surface area contributed by atoms with Crippen LogP contribution in [0.25, 0.3) is 6.08 Å². The molecular weight excluding hydrogens is 420 g/mol. The van der Waals surface area contributed by atoms with E-state index < -0.39 is 28.4 Å². The van der Waals surface area contributed by atoms with Crippen LogP contribution in [-0.2, 0) is 9.59 Å². The van der Waals surface area contributed by atoms with Gasteiger partial charge in [-0.1, -0.05) is 60.7 Å².